The zero-order valence-corrected chi connectivity index (χ0v) is 13.4. The number of hydrogen-bond acceptors (Lipinski definition) is 4. The molecule has 0 radical (unpaired) electrons. The van der Waals surface area contributed by atoms with Crippen molar-refractivity contribution in [2.45, 2.75) is 77.0 Å². The molecule has 1 saturated heterocycles. The van der Waals surface area contributed by atoms with Crippen LogP contribution in [0.25, 0.3) is 0 Å². The molecule has 1 heterocycles. The maximum atomic E-state index is 12.2. The van der Waals surface area contributed by atoms with E-state index in [9.17, 15) is 14.7 Å². The molecule has 1 amide bonds. The van der Waals surface area contributed by atoms with Gasteiger partial charge in [0.2, 0.25) is 0 Å². The molecule has 1 rings (SSSR count). The zero-order valence-electron chi connectivity index (χ0n) is 13.4. The first-order chi connectivity index (χ1) is 9.53. The number of carbonyl (C=O) groups excluding carboxylic acids is 1. The van der Waals surface area contributed by atoms with Crippen LogP contribution in [0.5, 0.6) is 0 Å². The monoisotopic (exact) mass is 301 g/mol. The summed E-state index contributed by atoms with van der Waals surface area (Å²) in [6.45, 7) is 7.36. The SMILES string of the molecule is CC(C)(C)OC(=O)N1CCCCC1CC[C@](C)(O)C(=O)O. The van der Waals surface area contributed by atoms with Crippen molar-refractivity contribution in [1.82, 2.24) is 4.90 Å². The highest BCUT2D eigenvalue weighted by atomic mass is 16.6. The van der Waals surface area contributed by atoms with E-state index in [4.69, 9.17) is 9.84 Å². The molecule has 1 unspecified atom stereocenters. The van der Waals surface area contributed by atoms with Crippen LogP contribution in [-0.2, 0) is 9.53 Å². The Labute approximate surface area is 126 Å². The van der Waals surface area contributed by atoms with Crippen LogP contribution in [0.2, 0.25) is 0 Å². The summed E-state index contributed by atoms with van der Waals surface area (Å²) in [5, 5.41) is 18.7. The Balaban J connectivity index is 2.65. The van der Waals surface area contributed by atoms with Crippen molar-refractivity contribution in [3.05, 3.63) is 0 Å². The van der Waals surface area contributed by atoms with Gasteiger partial charge in [-0.05, 0) is 59.8 Å². The van der Waals surface area contributed by atoms with Crippen molar-refractivity contribution in [2.75, 3.05) is 6.54 Å². The predicted molar refractivity (Wildman–Crippen MR) is 78.1 cm³/mol. The van der Waals surface area contributed by atoms with Crippen molar-refractivity contribution in [2.24, 2.45) is 0 Å². The molecule has 2 N–H and O–H groups in total. The summed E-state index contributed by atoms with van der Waals surface area (Å²) in [4.78, 5) is 24.8. The molecule has 0 aromatic carbocycles. The summed E-state index contributed by atoms with van der Waals surface area (Å²) in [5.74, 6) is -1.23. The molecule has 6 nitrogen and oxygen atoms in total. The molecule has 1 aliphatic heterocycles. The van der Waals surface area contributed by atoms with E-state index in [1.807, 2.05) is 20.8 Å². The van der Waals surface area contributed by atoms with Gasteiger partial charge >= 0.3 is 12.1 Å². The second kappa shape index (κ2) is 6.64. The van der Waals surface area contributed by atoms with Crippen LogP contribution in [0.1, 0.15) is 59.8 Å². The lowest BCUT2D eigenvalue weighted by atomic mass is 9.92. The van der Waals surface area contributed by atoms with E-state index in [-0.39, 0.29) is 18.6 Å². The van der Waals surface area contributed by atoms with Gasteiger partial charge in [0.1, 0.15) is 5.60 Å². The highest BCUT2D eigenvalue weighted by molar-refractivity contribution is 5.76. The van der Waals surface area contributed by atoms with Gasteiger partial charge in [0.15, 0.2) is 5.60 Å². The van der Waals surface area contributed by atoms with E-state index in [0.717, 1.165) is 19.3 Å². The first kappa shape index (κ1) is 17.8. The third kappa shape index (κ3) is 5.53. The largest absolute Gasteiger partial charge is 0.479 e. The molecule has 0 aromatic heterocycles. The molecule has 0 spiro atoms. The van der Waals surface area contributed by atoms with Gasteiger partial charge in [0.25, 0.3) is 0 Å². The zero-order chi connectivity index (χ0) is 16.3. The summed E-state index contributed by atoms with van der Waals surface area (Å²) < 4.78 is 5.40. The number of aliphatic carboxylic acids is 1. The second-order valence-corrected chi connectivity index (χ2v) is 6.94. The van der Waals surface area contributed by atoms with Gasteiger partial charge in [-0.3, -0.25) is 0 Å². The summed E-state index contributed by atoms with van der Waals surface area (Å²) in [6, 6.07) is -0.0700. The summed E-state index contributed by atoms with van der Waals surface area (Å²) in [5.41, 5.74) is -2.30. The number of aliphatic hydroxyl groups is 1. The number of carboxylic acid groups (broad SMARTS) is 1. The van der Waals surface area contributed by atoms with Crippen molar-refractivity contribution in [3.63, 3.8) is 0 Å². The first-order valence-electron chi connectivity index (χ1n) is 7.48. The minimum absolute atomic E-state index is 0.0700. The predicted octanol–water partition coefficient (Wildman–Crippen LogP) is 2.39. The normalized spacial score (nSPS) is 22.5. The number of ether oxygens (including phenoxy) is 1. The molecule has 1 fully saturated rings. The Kier molecular flexibility index (Phi) is 5.61. The maximum absolute atomic E-state index is 12.2. The van der Waals surface area contributed by atoms with Crippen LogP contribution < -0.4 is 0 Å². The fourth-order valence-electron chi connectivity index (χ4n) is 2.42. The van der Waals surface area contributed by atoms with Crippen molar-refractivity contribution in [1.29, 1.82) is 0 Å². The van der Waals surface area contributed by atoms with Gasteiger partial charge in [0, 0.05) is 12.6 Å². The maximum Gasteiger partial charge on any atom is 0.410 e. The van der Waals surface area contributed by atoms with Gasteiger partial charge in [0.05, 0.1) is 0 Å². The molecule has 0 saturated carbocycles. The highest BCUT2D eigenvalue weighted by Crippen LogP contribution is 2.26. The van der Waals surface area contributed by atoms with Crippen molar-refractivity contribution < 1.29 is 24.5 Å². The fourth-order valence-corrected chi connectivity index (χ4v) is 2.42. The number of rotatable bonds is 4. The Morgan fingerprint density at radius 1 is 1.24 bits per heavy atom. The minimum Gasteiger partial charge on any atom is -0.479 e. The van der Waals surface area contributed by atoms with Crippen LogP contribution in [-0.4, -0.2) is 51.0 Å². The average molecular weight is 301 g/mol. The standard InChI is InChI=1S/C15H27NO5/c1-14(2,3)21-13(19)16-10-6-5-7-11(16)8-9-15(4,20)12(17)18/h11,20H,5-10H2,1-4H3,(H,17,18)/t11?,15-/m0/s1. The molecule has 21 heavy (non-hydrogen) atoms. The highest BCUT2D eigenvalue weighted by Gasteiger charge is 2.35. The van der Waals surface area contributed by atoms with Gasteiger partial charge in [-0.2, -0.15) is 0 Å². The molecule has 2 atom stereocenters. The van der Waals surface area contributed by atoms with Gasteiger partial charge in [-0.15, -0.1) is 0 Å². The van der Waals surface area contributed by atoms with E-state index in [2.05, 4.69) is 0 Å². The molecule has 0 aliphatic carbocycles. The molecule has 0 aromatic rings. The van der Waals surface area contributed by atoms with E-state index < -0.39 is 17.2 Å². The molecule has 122 valence electrons. The van der Waals surface area contributed by atoms with E-state index in [0.29, 0.717) is 13.0 Å². The lowest BCUT2D eigenvalue weighted by molar-refractivity contribution is -0.157. The third-order valence-electron chi connectivity index (χ3n) is 3.68. The number of likely N-dealkylation sites (tertiary alicyclic amines) is 1. The fraction of sp³-hybridized carbons (Fsp3) is 0.867. The first-order valence-corrected chi connectivity index (χ1v) is 7.48. The van der Waals surface area contributed by atoms with Crippen LogP contribution in [0.3, 0.4) is 0 Å². The molecular weight excluding hydrogens is 274 g/mol. The Morgan fingerprint density at radius 3 is 2.38 bits per heavy atom. The van der Waals surface area contributed by atoms with E-state index >= 15 is 0 Å². The topological polar surface area (TPSA) is 87.1 Å². The van der Waals surface area contributed by atoms with Crippen LogP contribution in [0, 0.1) is 0 Å². The van der Waals surface area contributed by atoms with Crippen molar-refractivity contribution in [3.8, 4) is 0 Å². The van der Waals surface area contributed by atoms with E-state index in [1.54, 1.807) is 4.90 Å². The molecular formula is C15H27NO5. The minimum atomic E-state index is -1.75. The molecule has 1 aliphatic rings. The van der Waals surface area contributed by atoms with Crippen LogP contribution >= 0.6 is 0 Å². The summed E-state index contributed by atoms with van der Waals surface area (Å²) in [7, 11) is 0. The lowest BCUT2D eigenvalue weighted by Crippen LogP contribution is -2.47. The number of carboxylic acids is 1. The summed E-state index contributed by atoms with van der Waals surface area (Å²) in [6.07, 6.45) is 2.95. The second-order valence-electron chi connectivity index (χ2n) is 6.94. The van der Waals surface area contributed by atoms with Gasteiger partial charge < -0.3 is 19.8 Å². The smallest absolute Gasteiger partial charge is 0.410 e. The number of amides is 1. The average Bonchev–Trinajstić information content (AvgIpc) is 2.34. The summed E-state index contributed by atoms with van der Waals surface area (Å²) >= 11 is 0. The van der Waals surface area contributed by atoms with Gasteiger partial charge in [-0.25, -0.2) is 9.59 Å². The van der Waals surface area contributed by atoms with Crippen LogP contribution in [0.4, 0.5) is 4.79 Å². The molecule has 0 bridgehead atoms. The molecule has 6 heteroatoms. The number of nitrogens with zero attached hydrogens (tertiary/aromatic N) is 1. The Morgan fingerprint density at radius 2 is 1.86 bits per heavy atom. The van der Waals surface area contributed by atoms with Crippen molar-refractivity contribution >= 4 is 12.1 Å². The van der Waals surface area contributed by atoms with E-state index in [1.165, 1.54) is 6.92 Å². The number of hydrogen-bond donors (Lipinski definition) is 2. The number of piperidine rings is 1. The third-order valence-corrected chi connectivity index (χ3v) is 3.68. The Bertz CT molecular complexity index is 386. The number of carbonyl (C=O) groups is 2. The Hall–Kier alpha value is -1.30. The van der Waals surface area contributed by atoms with Gasteiger partial charge in [-0.1, -0.05) is 0 Å². The quantitative estimate of drug-likeness (QED) is 0.832. The lowest BCUT2D eigenvalue weighted by Gasteiger charge is -2.37. The van der Waals surface area contributed by atoms with Crippen LogP contribution in [0.15, 0.2) is 0 Å².